The Kier molecular flexibility index (Phi) is 5.28. The van der Waals surface area contributed by atoms with Crippen LogP contribution in [0.5, 0.6) is 0 Å². The van der Waals surface area contributed by atoms with E-state index in [1.165, 1.54) is 16.6 Å². The van der Waals surface area contributed by atoms with Crippen LogP contribution in [0.1, 0.15) is 30.0 Å². The van der Waals surface area contributed by atoms with Gasteiger partial charge in [0.15, 0.2) is 0 Å². The molecule has 10 nitrogen and oxygen atoms in total. The van der Waals surface area contributed by atoms with Crippen LogP contribution in [0.25, 0.3) is 0 Å². The molecule has 0 bridgehead atoms. The number of fused-ring (bicyclic) bond motifs is 1. The van der Waals surface area contributed by atoms with Crippen LogP contribution in [0.2, 0.25) is 0 Å². The lowest BCUT2D eigenvalue weighted by Gasteiger charge is -2.16. The number of rotatable bonds is 6. The number of aromatic nitrogens is 3. The van der Waals surface area contributed by atoms with Gasteiger partial charge in [-0.3, -0.25) is 14.3 Å². The second-order valence-corrected chi connectivity index (χ2v) is 8.24. The zero-order valence-electron chi connectivity index (χ0n) is 14.4. The lowest BCUT2D eigenvalue weighted by atomic mass is 10.2. The summed E-state index contributed by atoms with van der Waals surface area (Å²) in [5, 5.41) is 9.38. The van der Waals surface area contributed by atoms with Crippen molar-refractivity contribution in [1.82, 2.24) is 24.6 Å². The van der Waals surface area contributed by atoms with E-state index in [-0.39, 0.29) is 31.0 Å². The Balaban J connectivity index is 1.54. The minimum absolute atomic E-state index is 0.185. The fourth-order valence-electron chi connectivity index (χ4n) is 2.82. The van der Waals surface area contributed by atoms with Crippen LogP contribution in [0.3, 0.4) is 0 Å². The first-order valence-electron chi connectivity index (χ1n) is 8.26. The zero-order chi connectivity index (χ0) is 18.7. The fraction of sp³-hybridized carbons (Fsp3) is 0.533. The molecule has 0 saturated carbocycles. The molecule has 0 unspecified atom stereocenters. The van der Waals surface area contributed by atoms with Gasteiger partial charge in [0, 0.05) is 32.0 Å². The summed E-state index contributed by atoms with van der Waals surface area (Å²) >= 11 is 0. The summed E-state index contributed by atoms with van der Waals surface area (Å²) in [6, 6.07) is 3.13. The molecule has 0 saturated heterocycles. The number of nitrogens with one attached hydrogen (secondary N) is 2. The van der Waals surface area contributed by atoms with Crippen LogP contribution < -0.4 is 10.9 Å². The molecule has 0 radical (unpaired) electrons. The molecular formula is C15H21N5O5S. The van der Waals surface area contributed by atoms with Crippen LogP contribution in [0.4, 0.5) is 0 Å². The summed E-state index contributed by atoms with van der Waals surface area (Å²) in [5.41, 5.74) is 1.16. The number of carbonyl (C=O) groups is 1. The molecule has 0 spiro atoms. The predicted octanol–water partition coefficient (Wildman–Crippen LogP) is -0.421. The maximum Gasteiger partial charge on any atom is 0.280 e. The molecule has 2 aromatic rings. The molecule has 1 aliphatic heterocycles. The molecular weight excluding hydrogens is 362 g/mol. The molecule has 3 heterocycles. The summed E-state index contributed by atoms with van der Waals surface area (Å²) in [5.74, 6) is 0.245. The van der Waals surface area contributed by atoms with Gasteiger partial charge in [0.25, 0.3) is 5.56 Å². The SMILES string of the molecule is CS(=O)(=O)N1CCCn2nc(CNC(=O)CCc3cc(=O)[nH]o3)cc2C1. The number of hydrogen-bond acceptors (Lipinski definition) is 6. The predicted molar refractivity (Wildman–Crippen MR) is 91.6 cm³/mol. The highest BCUT2D eigenvalue weighted by Crippen LogP contribution is 2.16. The second kappa shape index (κ2) is 7.46. The van der Waals surface area contributed by atoms with Gasteiger partial charge < -0.3 is 9.84 Å². The highest BCUT2D eigenvalue weighted by Gasteiger charge is 2.22. The van der Waals surface area contributed by atoms with Gasteiger partial charge in [-0.25, -0.2) is 8.42 Å². The third kappa shape index (κ3) is 4.61. The van der Waals surface area contributed by atoms with Crippen molar-refractivity contribution >= 4 is 15.9 Å². The van der Waals surface area contributed by atoms with Gasteiger partial charge in [-0.05, 0) is 12.5 Å². The van der Waals surface area contributed by atoms with Crippen LogP contribution in [-0.4, -0.2) is 46.4 Å². The smallest absolute Gasteiger partial charge is 0.280 e. The van der Waals surface area contributed by atoms with E-state index < -0.39 is 10.0 Å². The third-order valence-electron chi connectivity index (χ3n) is 4.14. The van der Waals surface area contributed by atoms with E-state index >= 15 is 0 Å². The topological polar surface area (TPSA) is 130 Å². The average molecular weight is 383 g/mol. The monoisotopic (exact) mass is 383 g/mol. The third-order valence-corrected chi connectivity index (χ3v) is 5.39. The molecule has 2 N–H and O–H groups in total. The van der Waals surface area contributed by atoms with Gasteiger partial charge in [-0.15, -0.1) is 0 Å². The van der Waals surface area contributed by atoms with E-state index in [9.17, 15) is 18.0 Å². The molecule has 0 atom stereocenters. The van der Waals surface area contributed by atoms with Crippen molar-refractivity contribution in [2.75, 3.05) is 12.8 Å². The van der Waals surface area contributed by atoms with Gasteiger partial charge in [0.1, 0.15) is 5.76 Å². The standard InChI is InChI=1S/C15H21N5O5S/c1-26(23,24)19-5-2-6-20-12(10-19)7-11(17-20)9-16-14(21)4-3-13-8-15(22)18-25-13/h7-8H,2-6,9-10H2,1H3,(H,16,21)(H,18,22). The Bertz CT molecular complexity index is 942. The molecule has 26 heavy (non-hydrogen) atoms. The van der Waals surface area contributed by atoms with Crippen molar-refractivity contribution in [1.29, 1.82) is 0 Å². The lowest BCUT2D eigenvalue weighted by Crippen LogP contribution is -2.29. The molecule has 1 aliphatic rings. The van der Waals surface area contributed by atoms with Crippen molar-refractivity contribution in [3.8, 4) is 0 Å². The number of amides is 1. The summed E-state index contributed by atoms with van der Waals surface area (Å²) in [6.07, 6.45) is 2.41. The lowest BCUT2D eigenvalue weighted by molar-refractivity contribution is -0.121. The zero-order valence-corrected chi connectivity index (χ0v) is 15.2. The summed E-state index contributed by atoms with van der Waals surface area (Å²) in [4.78, 5) is 22.9. The van der Waals surface area contributed by atoms with Gasteiger partial charge in [0.2, 0.25) is 15.9 Å². The fourth-order valence-corrected chi connectivity index (χ4v) is 3.65. The molecule has 2 aromatic heterocycles. The van der Waals surface area contributed by atoms with Gasteiger partial charge in [-0.1, -0.05) is 0 Å². The number of hydrogen-bond donors (Lipinski definition) is 2. The Morgan fingerprint density at radius 1 is 1.38 bits per heavy atom. The van der Waals surface area contributed by atoms with E-state index in [1.807, 2.05) is 6.07 Å². The van der Waals surface area contributed by atoms with E-state index in [4.69, 9.17) is 4.52 Å². The quantitative estimate of drug-likeness (QED) is 0.697. The minimum Gasteiger partial charge on any atom is -0.384 e. The molecule has 11 heteroatoms. The molecule has 0 aromatic carbocycles. The molecule has 1 amide bonds. The van der Waals surface area contributed by atoms with Gasteiger partial charge >= 0.3 is 0 Å². The number of aromatic amines is 1. The van der Waals surface area contributed by atoms with Crippen molar-refractivity contribution in [2.24, 2.45) is 0 Å². The summed E-state index contributed by atoms with van der Waals surface area (Å²) in [6.45, 7) is 1.66. The summed E-state index contributed by atoms with van der Waals surface area (Å²) in [7, 11) is -3.25. The number of aryl methyl sites for hydroxylation is 2. The Hall–Kier alpha value is -2.40. The van der Waals surface area contributed by atoms with Crippen molar-refractivity contribution in [3.05, 3.63) is 39.6 Å². The average Bonchev–Trinajstić information content (AvgIpc) is 3.10. The second-order valence-electron chi connectivity index (χ2n) is 6.26. The van der Waals surface area contributed by atoms with Crippen LogP contribution in [0, 0.1) is 0 Å². The van der Waals surface area contributed by atoms with Gasteiger partial charge in [-0.2, -0.15) is 14.6 Å². The largest absolute Gasteiger partial charge is 0.384 e. The first-order valence-corrected chi connectivity index (χ1v) is 10.1. The minimum atomic E-state index is -3.25. The molecule has 142 valence electrons. The Morgan fingerprint density at radius 3 is 2.88 bits per heavy atom. The molecule has 0 aliphatic carbocycles. The van der Waals surface area contributed by atoms with E-state index in [1.54, 1.807) is 4.68 Å². The highest BCUT2D eigenvalue weighted by atomic mass is 32.2. The van der Waals surface area contributed by atoms with Gasteiger partial charge in [0.05, 0.1) is 30.7 Å². The first kappa shape index (κ1) is 18.4. The number of nitrogens with zero attached hydrogens (tertiary/aromatic N) is 3. The normalized spacial score (nSPS) is 15.4. The van der Waals surface area contributed by atoms with E-state index in [2.05, 4.69) is 15.6 Å². The molecule has 0 fully saturated rings. The molecule has 3 rings (SSSR count). The first-order chi connectivity index (χ1) is 12.3. The van der Waals surface area contributed by atoms with E-state index in [0.717, 1.165) is 5.69 Å². The van der Waals surface area contributed by atoms with Crippen molar-refractivity contribution in [3.63, 3.8) is 0 Å². The Labute approximate surface area is 150 Å². The van der Waals surface area contributed by atoms with Crippen LogP contribution in [-0.2, 0) is 40.9 Å². The van der Waals surface area contributed by atoms with Crippen molar-refractivity contribution in [2.45, 2.75) is 38.9 Å². The number of sulfonamides is 1. The highest BCUT2D eigenvalue weighted by molar-refractivity contribution is 7.88. The maximum absolute atomic E-state index is 11.9. The van der Waals surface area contributed by atoms with Crippen LogP contribution >= 0.6 is 0 Å². The number of H-pyrrole nitrogens is 1. The van der Waals surface area contributed by atoms with Crippen molar-refractivity contribution < 1.29 is 17.7 Å². The van der Waals surface area contributed by atoms with Crippen LogP contribution in [0.15, 0.2) is 21.5 Å². The maximum atomic E-state index is 11.9. The summed E-state index contributed by atoms with van der Waals surface area (Å²) < 4.78 is 31.7. The Morgan fingerprint density at radius 2 is 2.19 bits per heavy atom. The van der Waals surface area contributed by atoms with E-state index in [0.29, 0.717) is 37.4 Å². The number of carbonyl (C=O) groups excluding carboxylic acids is 1.